The summed E-state index contributed by atoms with van der Waals surface area (Å²) in [5, 5.41) is 11.0. The van der Waals surface area contributed by atoms with E-state index in [0.717, 1.165) is 25.1 Å². The first-order chi connectivity index (χ1) is 10.9. The molecule has 3 aromatic rings. The van der Waals surface area contributed by atoms with Crippen LogP contribution >= 0.6 is 0 Å². The molecule has 2 aromatic heterocycles. The van der Waals surface area contributed by atoms with Gasteiger partial charge in [0.25, 0.3) is 11.8 Å². The SMILES string of the molecule is c1ccc(Nc2noc(-c3conc3C3CCCO3)n2)cc1. The molecule has 0 aliphatic carbocycles. The summed E-state index contributed by atoms with van der Waals surface area (Å²) in [5.41, 5.74) is 2.28. The zero-order chi connectivity index (χ0) is 14.8. The monoisotopic (exact) mass is 298 g/mol. The smallest absolute Gasteiger partial charge is 0.268 e. The Morgan fingerprint density at radius 3 is 2.86 bits per heavy atom. The third-order valence-electron chi connectivity index (χ3n) is 3.52. The van der Waals surface area contributed by atoms with E-state index < -0.39 is 0 Å². The van der Waals surface area contributed by atoms with E-state index in [0.29, 0.717) is 23.1 Å². The number of hydrogen-bond donors (Lipinski definition) is 1. The van der Waals surface area contributed by atoms with Crippen LogP contribution in [0.4, 0.5) is 11.6 Å². The van der Waals surface area contributed by atoms with Gasteiger partial charge in [-0.05, 0) is 30.1 Å². The molecule has 1 aliphatic heterocycles. The maximum atomic E-state index is 5.63. The van der Waals surface area contributed by atoms with Gasteiger partial charge in [-0.25, -0.2) is 0 Å². The Kier molecular flexibility index (Phi) is 3.32. The molecule has 1 atom stereocenters. The van der Waals surface area contributed by atoms with Crippen molar-refractivity contribution < 1.29 is 13.8 Å². The van der Waals surface area contributed by atoms with Crippen LogP contribution in [0.25, 0.3) is 11.5 Å². The van der Waals surface area contributed by atoms with E-state index in [1.165, 1.54) is 6.26 Å². The molecule has 1 aliphatic rings. The van der Waals surface area contributed by atoms with E-state index in [-0.39, 0.29) is 6.10 Å². The van der Waals surface area contributed by atoms with Crippen molar-refractivity contribution in [2.75, 3.05) is 11.9 Å². The van der Waals surface area contributed by atoms with Gasteiger partial charge in [-0.15, -0.1) is 0 Å². The summed E-state index contributed by atoms with van der Waals surface area (Å²) < 4.78 is 16.0. The molecule has 22 heavy (non-hydrogen) atoms. The van der Waals surface area contributed by atoms with Gasteiger partial charge in [-0.3, -0.25) is 0 Å². The zero-order valence-electron chi connectivity index (χ0n) is 11.7. The average molecular weight is 298 g/mol. The van der Waals surface area contributed by atoms with E-state index >= 15 is 0 Å². The minimum atomic E-state index is -0.0637. The molecular formula is C15H14N4O3. The highest BCUT2D eigenvalue weighted by Crippen LogP contribution is 2.34. The summed E-state index contributed by atoms with van der Waals surface area (Å²) in [6, 6.07) is 9.65. The Labute approximate surface area is 126 Å². The molecular weight excluding hydrogens is 284 g/mol. The van der Waals surface area contributed by atoms with Gasteiger partial charge in [0.05, 0.1) is 0 Å². The second kappa shape index (κ2) is 5.61. The molecule has 1 unspecified atom stereocenters. The first kappa shape index (κ1) is 13.0. The van der Waals surface area contributed by atoms with Crippen molar-refractivity contribution in [3.8, 4) is 11.5 Å². The topological polar surface area (TPSA) is 86.2 Å². The second-order valence-electron chi connectivity index (χ2n) is 5.03. The Bertz CT molecular complexity index is 747. The van der Waals surface area contributed by atoms with Gasteiger partial charge in [0.1, 0.15) is 23.6 Å². The molecule has 1 saturated heterocycles. The second-order valence-corrected chi connectivity index (χ2v) is 5.03. The summed E-state index contributed by atoms with van der Waals surface area (Å²) >= 11 is 0. The molecule has 0 amide bonds. The van der Waals surface area contributed by atoms with E-state index in [1.807, 2.05) is 30.3 Å². The summed E-state index contributed by atoms with van der Waals surface area (Å²) in [4.78, 5) is 4.34. The van der Waals surface area contributed by atoms with Crippen molar-refractivity contribution in [2.45, 2.75) is 18.9 Å². The maximum absolute atomic E-state index is 5.63. The molecule has 0 spiro atoms. The van der Waals surface area contributed by atoms with E-state index in [9.17, 15) is 0 Å². The zero-order valence-corrected chi connectivity index (χ0v) is 11.7. The summed E-state index contributed by atoms with van der Waals surface area (Å²) in [6.07, 6.45) is 3.38. The molecule has 112 valence electrons. The van der Waals surface area contributed by atoms with Crippen molar-refractivity contribution in [1.82, 2.24) is 15.3 Å². The van der Waals surface area contributed by atoms with Crippen molar-refractivity contribution in [3.63, 3.8) is 0 Å². The Hall–Kier alpha value is -2.67. The number of anilines is 2. The van der Waals surface area contributed by atoms with Crippen LogP contribution in [-0.2, 0) is 4.74 Å². The summed E-state index contributed by atoms with van der Waals surface area (Å²) in [5.74, 6) is 0.755. The van der Waals surface area contributed by atoms with Gasteiger partial charge >= 0.3 is 0 Å². The molecule has 1 fully saturated rings. The molecule has 7 nitrogen and oxygen atoms in total. The lowest BCUT2D eigenvalue weighted by Gasteiger charge is -2.05. The van der Waals surface area contributed by atoms with E-state index in [2.05, 4.69) is 20.6 Å². The lowest BCUT2D eigenvalue weighted by Crippen LogP contribution is -1.98. The lowest BCUT2D eigenvalue weighted by molar-refractivity contribution is 0.106. The largest absolute Gasteiger partial charge is 0.372 e. The number of hydrogen-bond acceptors (Lipinski definition) is 7. The predicted molar refractivity (Wildman–Crippen MR) is 77.4 cm³/mol. The van der Waals surface area contributed by atoms with E-state index in [1.54, 1.807) is 0 Å². The fourth-order valence-electron chi connectivity index (χ4n) is 2.47. The summed E-state index contributed by atoms with van der Waals surface area (Å²) in [6.45, 7) is 0.738. The van der Waals surface area contributed by atoms with Gasteiger partial charge in [-0.2, -0.15) is 4.98 Å². The third-order valence-corrected chi connectivity index (χ3v) is 3.52. The molecule has 0 saturated carbocycles. The van der Waals surface area contributed by atoms with Crippen molar-refractivity contribution in [1.29, 1.82) is 0 Å². The molecule has 3 heterocycles. The minimum Gasteiger partial charge on any atom is -0.372 e. The Morgan fingerprint density at radius 1 is 1.14 bits per heavy atom. The normalized spacial score (nSPS) is 17.7. The predicted octanol–water partition coefficient (Wildman–Crippen LogP) is 3.32. The van der Waals surface area contributed by atoms with Gasteiger partial charge in [-0.1, -0.05) is 23.4 Å². The number of rotatable bonds is 4. The standard InChI is InChI=1S/C15H14N4O3/c1-2-5-10(6-3-1)16-15-17-14(22-19-15)11-9-21-18-13(11)12-7-4-8-20-12/h1-3,5-6,9,12H,4,7-8H2,(H,16,19). The number of aromatic nitrogens is 3. The first-order valence-electron chi connectivity index (χ1n) is 7.12. The van der Waals surface area contributed by atoms with Crippen LogP contribution in [0.15, 0.2) is 45.6 Å². The number of nitrogens with one attached hydrogen (secondary N) is 1. The maximum Gasteiger partial charge on any atom is 0.268 e. The Balaban J connectivity index is 1.58. The van der Waals surface area contributed by atoms with Crippen LogP contribution in [0.1, 0.15) is 24.6 Å². The molecule has 4 rings (SSSR count). The minimum absolute atomic E-state index is 0.0637. The first-order valence-corrected chi connectivity index (χ1v) is 7.12. The van der Waals surface area contributed by atoms with Gasteiger partial charge in [0.2, 0.25) is 0 Å². The quantitative estimate of drug-likeness (QED) is 0.790. The highest BCUT2D eigenvalue weighted by atomic mass is 16.5. The van der Waals surface area contributed by atoms with E-state index in [4.69, 9.17) is 13.8 Å². The average Bonchev–Trinajstić information content (AvgIpc) is 3.29. The van der Waals surface area contributed by atoms with Crippen molar-refractivity contribution >= 4 is 11.6 Å². The van der Waals surface area contributed by atoms with Crippen LogP contribution in [0, 0.1) is 0 Å². The third kappa shape index (κ3) is 2.46. The highest BCUT2D eigenvalue weighted by molar-refractivity contribution is 5.59. The Morgan fingerprint density at radius 2 is 2.05 bits per heavy atom. The fourth-order valence-corrected chi connectivity index (χ4v) is 2.47. The molecule has 7 heteroatoms. The number of para-hydroxylation sites is 1. The number of ether oxygens (including phenoxy) is 1. The van der Waals surface area contributed by atoms with Gasteiger partial charge < -0.3 is 19.1 Å². The fraction of sp³-hybridized carbons (Fsp3) is 0.267. The van der Waals surface area contributed by atoms with Crippen molar-refractivity contribution in [3.05, 3.63) is 42.3 Å². The molecule has 0 bridgehead atoms. The lowest BCUT2D eigenvalue weighted by atomic mass is 10.1. The summed E-state index contributed by atoms with van der Waals surface area (Å²) in [7, 11) is 0. The van der Waals surface area contributed by atoms with Crippen LogP contribution in [-0.4, -0.2) is 21.9 Å². The van der Waals surface area contributed by atoms with Crippen LogP contribution < -0.4 is 5.32 Å². The van der Waals surface area contributed by atoms with Crippen LogP contribution in [0.2, 0.25) is 0 Å². The molecule has 0 radical (unpaired) electrons. The van der Waals surface area contributed by atoms with Crippen LogP contribution in [0.5, 0.6) is 0 Å². The van der Waals surface area contributed by atoms with Crippen LogP contribution in [0.3, 0.4) is 0 Å². The number of nitrogens with zero attached hydrogens (tertiary/aromatic N) is 3. The molecule has 1 N–H and O–H groups in total. The van der Waals surface area contributed by atoms with Crippen molar-refractivity contribution in [2.24, 2.45) is 0 Å². The van der Waals surface area contributed by atoms with Gasteiger partial charge in [0.15, 0.2) is 0 Å². The molecule has 1 aromatic carbocycles. The van der Waals surface area contributed by atoms with Gasteiger partial charge in [0, 0.05) is 12.3 Å². The highest BCUT2D eigenvalue weighted by Gasteiger charge is 2.27. The number of benzene rings is 1.